The van der Waals surface area contributed by atoms with Gasteiger partial charge in [0.2, 0.25) is 0 Å². The first-order valence-corrected chi connectivity index (χ1v) is 9.15. The SMILES string of the molecule is CCOC(=O)CN1CCC(CCOc2cccc(Br)c2C)CC1. The predicted octanol–water partition coefficient (Wildman–Crippen LogP) is 3.80. The molecule has 0 aromatic heterocycles. The molecule has 0 atom stereocenters. The monoisotopic (exact) mass is 383 g/mol. The average Bonchev–Trinajstić information content (AvgIpc) is 2.53. The second kappa shape index (κ2) is 9.28. The van der Waals surface area contributed by atoms with Gasteiger partial charge in [-0.1, -0.05) is 22.0 Å². The van der Waals surface area contributed by atoms with Gasteiger partial charge in [-0.3, -0.25) is 9.69 Å². The number of esters is 1. The largest absolute Gasteiger partial charge is 0.493 e. The number of carbonyl (C=O) groups excluding carboxylic acids is 1. The fourth-order valence-corrected chi connectivity index (χ4v) is 3.25. The van der Waals surface area contributed by atoms with Crippen molar-refractivity contribution in [2.75, 3.05) is 32.8 Å². The number of likely N-dealkylation sites (tertiary alicyclic amines) is 1. The minimum absolute atomic E-state index is 0.112. The molecule has 0 spiro atoms. The fourth-order valence-electron chi connectivity index (χ4n) is 2.90. The summed E-state index contributed by atoms with van der Waals surface area (Å²) in [4.78, 5) is 13.7. The fraction of sp³-hybridized carbons (Fsp3) is 0.611. The Labute approximate surface area is 147 Å². The molecule has 1 saturated heterocycles. The smallest absolute Gasteiger partial charge is 0.320 e. The Morgan fingerprint density at radius 1 is 1.35 bits per heavy atom. The standard InChI is InChI=1S/C18H26BrNO3/c1-3-22-18(21)13-20-10-7-15(8-11-20)9-12-23-17-6-4-5-16(19)14(17)2/h4-6,15H,3,7-13H2,1-2H3. The van der Waals surface area contributed by atoms with Crippen LogP contribution in [0.1, 0.15) is 31.7 Å². The van der Waals surface area contributed by atoms with Crippen LogP contribution in [0.5, 0.6) is 5.75 Å². The maximum atomic E-state index is 11.5. The van der Waals surface area contributed by atoms with Gasteiger partial charge in [0.15, 0.2) is 0 Å². The molecule has 0 saturated carbocycles. The van der Waals surface area contributed by atoms with Gasteiger partial charge in [0.1, 0.15) is 5.75 Å². The molecule has 4 nitrogen and oxygen atoms in total. The van der Waals surface area contributed by atoms with Gasteiger partial charge in [0.05, 0.1) is 19.8 Å². The van der Waals surface area contributed by atoms with Gasteiger partial charge >= 0.3 is 5.97 Å². The summed E-state index contributed by atoms with van der Waals surface area (Å²) >= 11 is 3.53. The van der Waals surface area contributed by atoms with Gasteiger partial charge in [0.25, 0.3) is 0 Å². The summed E-state index contributed by atoms with van der Waals surface area (Å²) < 4.78 is 12.0. The lowest BCUT2D eigenvalue weighted by Gasteiger charge is -2.31. The molecule has 128 valence electrons. The van der Waals surface area contributed by atoms with E-state index in [0.717, 1.165) is 54.7 Å². The third-order valence-electron chi connectivity index (χ3n) is 4.37. The van der Waals surface area contributed by atoms with Crippen LogP contribution in [0.2, 0.25) is 0 Å². The Morgan fingerprint density at radius 2 is 2.09 bits per heavy atom. The number of carbonyl (C=O) groups is 1. The predicted molar refractivity (Wildman–Crippen MR) is 94.8 cm³/mol. The highest BCUT2D eigenvalue weighted by Gasteiger charge is 2.21. The molecule has 0 aliphatic carbocycles. The number of hydrogen-bond donors (Lipinski definition) is 0. The molecule has 0 unspecified atom stereocenters. The summed E-state index contributed by atoms with van der Waals surface area (Å²) in [5, 5.41) is 0. The van der Waals surface area contributed by atoms with Crippen molar-refractivity contribution in [3.05, 3.63) is 28.2 Å². The van der Waals surface area contributed by atoms with Crippen LogP contribution in [0.3, 0.4) is 0 Å². The van der Waals surface area contributed by atoms with E-state index < -0.39 is 0 Å². The summed E-state index contributed by atoms with van der Waals surface area (Å²) in [6.07, 6.45) is 3.32. The average molecular weight is 384 g/mol. The van der Waals surface area contributed by atoms with E-state index in [4.69, 9.17) is 9.47 Å². The lowest BCUT2D eigenvalue weighted by Crippen LogP contribution is -2.38. The number of halogens is 1. The number of rotatable bonds is 7. The van der Waals surface area contributed by atoms with Crippen LogP contribution < -0.4 is 4.74 Å². The van der Waals surface area contributed by atoms with Crippen molar-refractivity contribution < 1.29 is 14.3 Å². The molecule has 2 rings (SSSR count). The summed E-state index contributed by atoms with van der Waals surface area (Å²) in [6.45, 7) is 7.49. The first kappa shape index (κ1) is 18.3. The first-order valence-electron chi connectivity index (χ1n) is 8.36. The molecular formula is C18H26BrNO3. The maximum absolute atomic E-state index is 11.5. The summed E-state index contributed by atoms with van der Waals surface area (Å²) in [6, 6.07) is 6.05. The second-order valence-electron chi connectivity index (χ2n) is 6.02. The van der Waals surface area contributed by atoms with Crippen molar-refractivity contribution in [3.8, 4) is 5.75 Å². The molecule has 1 aliphatic rings. The third-order valence-corrected chi connectivity index (χ3v) is 5.23. The number of nitrogens with zero attached hydrogens (tertiary/aromatic N) is 1. The molecule has 23 heavy (non-hydrogen) atoms. The Kier molecular flexibility index (Phi) is 7.37. The topological polar surface area (TPSA) is 38.8 Å². The minimum atomic E-state index is -0.112. The van der Waals surface area contributed by atoms with Crippen LogP contribution in [0.25, 0.3) is 0 Å². The van der Waals surface area contributed by atoms with Crippen molar-refractivity contribution in [1.29, 1.82) is 0 Å². The van der Waals surface area contributed by atoms with Crippen LogP contribution >= 0.6 is 15.9 Å². The van der Waals surface area contributed by atoms with Crippen LogP contribution in [0, 0.1) is 12.8 Å². The van der Waals surface area contributed by atoms with Gasteiger partial charge in [-0.05, 0) is 64.3 Å². The van der Waals surface area contributed by atoms with Gasteiger partial charge in [0, 0.05) is 10.0 Å². The highest BCUT2D eigenvalue weighted by Crippen LogP contribution is 2.26. The van der Waals surface area contributed by atoms with E-state index in [1.165, 1.54) is 0 Å². The normalized spacial score (nSPS) is 16.3. The Morgan fingerprint density at radius 3 is 2.78 bits per heavy atom. The molecule has 5 heteroatoms. The van der Waals surface area contributed by atoms with Gasteiger partial charge in [-0.15, -0.1) is 0 Å². The zero-order valence-electron chi connectivity index (χ0n) is 14.0. The van der Waals surface area contributed by atoms with Crippen LogP contribution in [0.4, 0.5) is 0 Å². The van der Waals surface area contributed by atoms with Gasteiger partial charge in [-0.2, -0.15) is 0 Å². The number of piperidine rings is 1. The molecular weight excluding hydrogens is 358 g/mol. The quantitative estimate of drug-likeness (QED) is 0.671. The van der Waals surface area contributed by atoms with E-state index in [0.29, 0.717) is 19.1 Å². The van der Waals surface area contributed by atoms with E-state index in [2.05, 4.69) is 27.8 Å². The van der Waals surface area contributed by atoms with Crippen molar-refractivity contribution in [3.63, 3.8) is 0 Å². The summed E-state index contributed by atoms with van der Waals surface area (Å²) in [5.74, 6) is 1.53. The molecule has 0 amide bonds. The zero-order chi connectivity index (χ0) is 16.7. The number of ether oxygens (including phenoxy) is 2. The summed E-state index contributed by atoms with van der Waals surface area (Å²) in [5.41, 5.74) is 1.15. The van der Waals surface area contributed by atoms with Crippen molar-refractivity contribution >= 4 is 21.9 Å². The lowest BCUT2D eigenvalue weighted by molar-refractivity contribution is -0.144. The molecule has 0 bridgehead atoms. The van der Waals surface area contributed by atoms with E-state index in [-0.39, 0.29) is 5.97 Å². The van der Waals surface area contributed by atoms with E-state index in [9.17, 15) is 4.79 Å². The van der Waals surface area contributed by atoms with Crippen molar-refractivity contribution in [2.45, 2.75) is 33.1 Å². The highest BCUT2D eigenvalue weighted by atomic mass is 79.9. The van der Waals surface area contributed by atoms with Crippen molar-refractivity contribution in [1.82, 2.24) is 4.90 Å². The molecule has 1 aliphatic heterocycles. The number of hydrogen-bond acceptors (Lipinski definition) is 4. The Hall–Kier alpha value is -1.07. The van der Waals surface area contributed by atoms with Crippen LogP contribution in [-0.2, 0) is 9.53 Å². The van der Waals surface area contributed by atoms with E-state index >= 15 is 0 Å². The third kappa shape index (κ3) is 5.81. The zero-order valence-corrected chi connectivity index (χ0v) is 15.6. The highest BCUT2D eigenvalue weighted by molar-refractivity contribution is 9.10. The second-order valence-corrected chi connectivity index (χ2v) is 6.88. The van der Waals surface area contributed by atoms with Crippen LogP contribution in [0.15, 0.2) is 22.7 Å². The Balaban J connectivity index is 1.67. The first-order chi connectivity index (χ1) is 11.1. The summed E-state index contributed by atoms with van der Waals surface area (Å²) in [7, 11) is 0. The molecule has 0 radical (unpaired) electrons. The maximum Gasteiger partial charge on any atom is 0.320 e. The van der Waals surface area contributed by atoms with E-state index in [1.54, 1.807) is 0 Å². The number of benzene rings is 1. The van der Waals surface area contributed by atoms with Crippen LogP contribution in [-0.4, -0.2) is 43.7 Å². The van der Waals surface area contributed by atoms with Gasteiger partial charge in [-0.25, -0.2) is 0 Å². The lowest BCUT2D eigenvalue weighted by atomic mass is 9.94. The molecule has 0 N–H and O–H groups in total. The van der Waals surface area contributed by atoms with E-state index in [1.807, 2.05) is 25.1 Å². The minimum Gasteiger partial charge on any atom is -0.493 e. The Bertz CT molecular complexity index is 513. The molecule has 1 heterocycles. The molecule has 1 aromatic rings. The molecule has 1 fully saturated rings. The van der Waals surface area contributed by atoms with Crippen molar-refractivity contribution in [2.24, 2.45) is 5.92 Å². The molecule has 1 aromatic carbocycles. The van der Waals surface area contributed by atoms with Gasteiger partial charge < -0.3 is 9.47 Å².